The summed E-state index contributed by atoms with van der Waals surface area (Å²) < 4.78 is 4.80. The molecule has 10 heteroatoms. The van der Waals surface area contributed by atoms with E-state index in [1.165, 1.54) is 18.2 Å². The van der Waals surface area contributed by atoms with Crippen LogP contribution in [0.15, 0.2) is 42.5 Å². The number of carboxylic acid groups (broad SMARTS) is 1. The van der Waals surface area contributed by atoms with Crippen LogP contribution >= 0.6 is 0 Å². The van der Waals surface area contributed by atoms with Gasteiger partial charge in [0, 0.05) is 6.54 Å². The summed E-state index contributed by atoms with van der Waals surface area (Å²) in [6.07, 6.45) is -0.134. The van der Waals surface area contributed by atoms with Gasteiger partial charge in [0.15, 0.2) is 0 Å². The molecule has 2 aromatic rings. The van der Waals surface area contributed by atoms with Crippen LogP contribution in [0, 0.1) is 0 Å². The number of carboxylic acids is 1. The summed E-state index contributed by atoms with van der Waals surface area (Å²) in [6.45, 7) is 0.789. The average Bonchev–Trinajstić information content (AvgIpc) is 2.70. The summed E-state index contributed by atoms with van der Waals surface area (Å²) in [5, 5.41) is 34.2. The van der Waals surface area contributed by atoms with E-state index >= 15 is 0 Å². The lowest BCUT2D eigenvalue weighted by Gasteiger charge is -2.19. The summed E-state index contributed by atoms with van der Waals surface area (Å²) >= 11 is 0. The molecule has 0 aromatic heterocycles. The van der Waals surface area contributed by atoms with Gasteiger partial charge in [0.2, 0.25) is 5.91 Å². The standard InChI is InChI=1S/C20H23BN2O7/c1-22-11-14-7-5-13(6-8-14)9-18(25)23-17(21(28)29)10-15-3-2-4-16(20(26)27)19(15)30-12-24/h2-8,12,17,22,28-29H,9-11H2,1H3,(H,23,25)(H,26,27)/t17-/m0/s1. The highest BCUT2D eigenvalue weighted by atomic mass is 16.5. The van der Waals surface area contributed by atoms with E-state index in [0.717, 1.165) is 11.1 Å². The predicted molar refractivity (Wildman–Crippen MR) is 109 cm³/mol. The van der Waals surface area contributed by atoms with Crippen molar-refractivity contribution in [2.24, 2.45) is 0 Å². The van der Waals surface area contributed by atoms with Crippen LogP contribution in [0.2, 0.25) is 0 Å². The first-order valence-corrected chi connectivity index (χ1v) is 9.19. The molecule has 30 heavy (non-hydrogen) atoms. The van der Waals surface area contributed by atoms with Crippen molar-refractivity contribution in [3.05, 3.63) is 64.7 Å². The Morgan fingerprint density at radius 1 is 1.13 bits per heavy atom. The van der Waals surface area contributed by atoms with Gasteiger partial charge in [0.25, 0.3) is 6.47 Å². The Hall–Kier alpha value is -3.21. The highest BCUT2D eigenvalue weighted by Gasteiger charge is 2.28. The van der Waals surface area contributed by atoms with Crippen molar-refractivity contribution >= 4 is 25.5 Å². The highest BCUT2D eigenvalue weighted by molar-refractivity contribution is 6.43. The minimum atomic E-state index is -1.91. The topological polar surface area (TPSA) is 145 Å². The first-order valence-electron chi connectivity index (χ1n) is 9.19. The monoisotopic (exact) mass is 414 g/mol. The van der Waals surface area contributed by atoms with Crippen molar-refractivity contribution in [2.45, 2.75) is 25.3 Å². The van der Waals surface area contributed by atoms with Crippen molar-refractivity contribution < 1.29 is 34.3 Å². The fourth-order valence-electron chi connectivity index (χ4n) is 2.99. The van der Waals surface area contributed by atoms with Gasteiger partial charge in [-0.25, -0.2) is 4.79 Å². The molecule has 0 saturated heterocycles. The zero-order valence-electron chi connectivity index (χ0n) is 16.4. The first kappa shape index (κ1) is 23.1. The van der Waals surface area contributed by atoms with Crippen molar-refractivity contribution in [3.63, 3.8) is 0 Å². The third kappa shape index (κ3) is 6.41. The summed E-state index contributed by atoms with van der Waals surface area (Å²) in [5.74, 6) is -3.10. The van der Waals surface area contributed by atoms with Gasteiger partial charge in [-0.15, -0.1) is 0 Å². The van der Waals surface area contributed by atoms with Gasteiger partial charge >= 0.3 is 13.1 Å². The Labute approximate surface area is 173 Å². The Kier molecular flexibility index (Phi) is 8.54. The number of ether oxygens (including phenoxy) is 1. The zero-order valence-corrected chi connectivity index (χ0v) is 16.4. The zero-order chi connectivity index (χ0) is 22.1. The molecule has 0 spiro atoms. The maximum atomic E-state index is 12.4. The molecule has 0 fully saturated rings. The summed E-state index contributed by atoms with van der Waals surface area (Å²) in [5.41, 5.74) is 1.79. The van der Waals surface area contributed by atoms with Crippen LogP contribution in [0.5, 0.6) is 5.75 Å². The lowest BCUT2D eigenvalue weighted by Crippen LogP contribution is -2.48. The van der Waals surface area contributed by atoms with Crippen molar-refractivity contribution in [2.75, 3.05) is 7.05 Å². The number of hydrogen-bond donors (Lipinski definition) is 5. The minimum absolute atomic E-state index is 0.0237. The molecule has 0 aliphatic carbocycles. The van der Waals surface area contributed by atoms with Crippen molar-refractivity contribution in [3.8, 4) is 5.75 Å². The van der Waals surface area contributed by atoms with Gasteiger partial charge in [0.1, 0.15) is 11.3 Å². The smallest absolute Gasteiger partial charge is 0.475 e. The van der Waals surface area contributed by atoms with Gasteiger partial charge in [-0.05, 0) is 36.2 Å². The molecule has 158 valence electrons. The van der Waals surface area contributed by atoms with Gasteiger partial charge in [-0.3, -0.25) is 9.59 Å². The van der Waals surface area contributed by atoms with E-state index in [1.54, 1.807) is 0 Å². The second-order valence-electron chi connectivity index (χ2n) is 6.63. The van der Waals surface area contributed by atoms with Crippen LogP contribution in [0.1, 0.15) is 27.0 Å². The molecule has 0 radical (unpaired) electrons. The third-order valence-corrected chi connectivity index (χ3v) is 4.41. The fraction of sp³-hybridized carbons (Fsp3) is 0.250. The van der Waals surface area contributed by atoms with Gasteiger partial charge in [0.05, 0.1) is 12.4 Å². The normalized spacial score (nSPS) is 11.4. The number of para-hydroxylation sites is 1. The molecule has 0 saturated carbocycles. The number of carbonyl (C=O) groups excluding carboxylic acids is 2. The summed E-state index contributed by atoms with van der Waals surface area (Å²) in [6, 6.07) is 11.6. The Balaban J connectivity index is 2.13. The van der Waals surface area contributed by atoms with Crippen molar-refractivity contribution in [1.29, 1.82) is 0 Å². The lowest BCUT2D eigenvalue weighted by molar-refractivity contribution is -0.121. The predicted octanol–water partition coefficient (Wildman–Crippen LogP) is -0.0786. The average molecular weight is 414 g/mol. The van der Waals surface area contributed by atoms with E-state index < -0.39 is 24.9 Å². The Bertz CT molecular complexity index is 887. The van der Waals surface area contributed by atoms with Gasteiger partial charge in [-0.2, -0.15) is 0 Å². The minimum Gasteiger partial charge on any atom is -0.478 e. The third-order valence-electron chi connectivity index (χ3n) is 4.41. The number of aromatic carboxylic acids is 1. The molecule has 5 N–H and O–H groups in total. The van der Waals surface area contributed by atoms with E-state index in [9.17, 15) is 29.5 Å². The molecule has 0 unspecified atom stereocenters. The largest absolute Gasteiger partial charge is 0.478 e. The van der Waals surface area contributed by atoms with Crippen LogP contribution in [-0.4, -0.2) is 53.6 Å². The number of amides is 1. The van der Waals surface area contributed by atoms with Gasteiger partial charge in [-0.1, -0.05) is 36.4 Å². The van der Waals surface area contributed by atoms with Crippen LogP contribution < -0.4 is 15.4 Å². The second-order valence-corrected chi connectivity index (χ2v) is 6.63. The number of hydrogen-bond acceptors (Lipinski definition) is 7. The number of rotatable bonds is 11. The summed E-state index contributed by atoms with van der Waals surface area (Å²) in [7, 11) is -0.0797. The SMILES string of the molecule is CNCc1ccc(CC(=O)N[C@@H](Cc2cccc(C(=O)O)c2OC=O)B(O)O)cc1. The summed E-state index contributed by atoms with van der Waals surface area (Å²) in [4.78, 5) is 34.5. The maximum Gasteiger partial charge on any atom is 0.475 e. The molecule has 0 aliphatic heterocycles. The highest BCUT2D eigenvalue weighted by Crippen LogP contribution is 2.25. The van der Waals surface area contributed by atoms with Gasteiger partial charge < -0.3 is 30.5 Å². The quantitative estimate of drug-likeness (QED) is 0.254. The maximum absolute atomic E-state index is 12.4. The van der Waals surface area contributed by atoms with Crippen LogP contribution in [0.4, 0.5) is 0 Å². The lowest BCUT2D eigenvalue weighted by atomic mass is 9.75. The molecule has 0 bridgehead atoms. The van der Waals surface area contributed by atoms with E-state index in [-0.39, 0.29) is 36.2 Å². The van der Waals surface area contributed by atoms with Crippen LogP contribution in [0.3, 0.4) is 0 Å². The number of benzene rings is 2. The molecule has 2 aromatic carbocycles. The molecular formula is C20H23BN2O7. The molecule has 2 rings (SSSR count). The van der Waals surface area contributed by atoms with E-state index in [2.05, 4.69) is 10.6 Å². The molecule has 1 atom stereocenters. The second kappa shape index (κ2) is 11.1. The fourth-order valence-corrected chi connectivity index (χ4v) is 2.99. The van der Waals surface area contributed by atoms with Crippen molar-refractivity contribution in [1.82, 2.24) is 10.6 Å². The van der Waals surface area contributed by atoms with E-state index in [4.69, 9.17) is 4.74 Å². The number of carbonyl (C=O) groups is 3. The number of nitrogens with one attached hydrogen (secondary N) is 2. The first-order chi connectivity index (χ1) is 14.3. The Morgan fingerprint density at radius 2 is 1.80 bits per heavy atom. The van der Waals surface area contributed by atoms with E-state index in [1.807, 2.05) is 31.3 Å². The molecule has 1 amide bonds. The Morgan fingerprint density at radius 3 is 2.37 bits per heavy atom. The van der Waals surface area contributed by atoms with Crippen LogP contribution in [0.25, 0.3) is 0 Å². The molecule has 0 aliphatic rings. The van der Waals surface area contributed by atoms with Crippen LogP contribution in [-0.2, 0) is 29.0 Å². The molecule has 9 nitrogen and oxygen atoms in total. The molecule has 0 heterocycles. The van der Waals surface area contributed by atoms with E-state index in [0.29, 0.717) is 6.54 Å². The molecular weight excluding hydrogens is 391 g/mol.